The standard InChI is InChI=1S/C19H24N2/c1-2-21-15-18(13-16-9-5-3-6-10-16)20-14-19(21)17-11-7-4-8-12-17/h3-12,18-20H,2,13-15H2,1H3. The van der Waals surface area contributed by atoms with Gasteiger partial charge in [0.15, 0.2) is 0 Å². The van der Waals surface area contributed by atoms with Crippen LogP contribution in [0.25, 0.3) is 0 Å². The van der Waals surface area contributed by atoms with Crippen molar-refractivity contribution in [1.82, 2.24) is 10.2 Å². The molecule has 0 aromatic heterocycles. The van der Waals surface area contributed by atoms with E-state index in [9.17, 15) is 0 Å². The number of hydrogen-bond donors (Lipinski definition) is 1. The highest BCUT2D eigenvalue weighted by atomic mass is 15.2. The third kappa shape index (κ3) is 3.52. The van der Waals surface area contributed by atoms with Crippen LogP contribution < -0.4 is 5.32 Å². The third-order valence-corrected chi connectivity index (χ3v) is 4.41. The second-order valence-corrected chi connectivity index (χ2v) is 5.81. The van der Waals surface area contributed by atoms with Gasteiger partial charge in [-0.05, 0) is 24.1 Å². The van der Waals surface area contributed by atoms with Crippen LogP contribution in [0.2, 0.25) is 0 Å². The number of likely N-dealkylation sites (N-methyl/N-ethyl adjacent to an activating group) is 1. The van der Waals surface area contributed by atoms with Crippen molar-refractivity contribution in [3.05, 3.63) is 71.8 Å². The largest absolute Gasteiger partial charge is 0.310 e. The lowest BCUT2D eigenvalue weighted by atomic mass is 9.98. The van der Waals surface area contributed by atoms with E-state index >= 15 is 0 Å². The van der Waals surface area contributed by atoms with Crippen molar-refractivity contribution in [2.24, 2.45) is 0 Å². The molecule has 0 saturated carbocycles. The summed E-state index contributed by atoms with van der Waals surface area (Å²) in [7, 11) is 0. The lowest BCUT2D eigenvalue weighted by molar-refractivity contribution is 0.137. The smallest absolute Gasteiger partial charge is 0.0473 e. The molecule has 2 heteroatoms. The molecular weight excluding hydrogens is 256 g/mol. The van der Waals surface area contributed by atoms with Crippen LogP contribution in [0.3, 0.4) is 0 Å². The minimum atomic E-state index is 0.503. The van der Waals surface area contributed by atoms with Gasteiger partial charge in [0.2, 0.25) is 0 Å². The van der Waals surface area contributed by atoms with E-state index in [0.29, 0.717) is 12.1 Å². The predicted octanol–water partition coefficient (Wildman–Crippen LogP) is 3.26. The first kappa shape index (κ1) is 14.3. The van der Waals surface area contributed by atoms with Crippen LogP contribution in [-0.2, 0) is 6.42 Å². The molecule has 0 aliphatic carbocycles. The summed E-state index contributed by atoms with van der Waals surface area (Å²) < 4.78 is 0. The first-order chi connectivity index (χ1) is 10.4. The number of rotatable bonds is 4. The van der Waals surface area contributed by atoms with E-state index in [-0.39, 0.29) is 0 Å². The Morgan fingerprint density at radius 3 is 2.33 bits per heavy atom. The Morgan fingerprint density at radius 1 is 1.00 bits per heavy atom. The normalized spacial score (nSPS) is 23.1. The maximum Gasteiger partial charge on any atom is 0.0473 e. The molecule has 2 aromatic rings. The summed E-state index contributed by atoms with van der Waals surface area (Å²) in [5.74, 6) is 0. The topological polar surface area (TPSA) is 15.3 Å². The molecule has 1 saturated heterocycles. The molecule has 1 N–H and O–H groups in total. The van der Waals surface area contributed by atoms with Crippen LogP contribution >= 0.6 is 0 Å². The van der Waals surface area contributed by atoms with Crippen molar-refractivity contribution >= 4 is 0 Å². The van der Waals surface area contributed by atoms with Gasteiger partial charge < -0.3 is 5.32 Å². The van der Waals surface area contributed by atoms with E-state index < -0.39 is 0 Å². The van der Waals surface area contributed by atoms with Gasteiger partial charge in [0.1, 0.15) is 0 Å². The Hall–Kier alpha value is -1.64. The molecule has 1 aliphatic heterocycles. The lowest BCUT2D eigenvalue weighted by Crippen LogP contribution is -2.52. The van der Waals surface area contributed by atoms with Crippen LogP contribution in [0.4, 0.5) is 0 Å². The molecule has 1 heterocycles. The van der Waals surface area contributed by atoms with Crippen LogP contribution in [-0.4, -0.2) is 30.6 Å². The molecule has 2 aromatic carbocycles. The summed E-state index contributed by atoms with van der Waals surface area (Å²) in [6.45, 7) is 5.52. The van der Waals surface area contributed by atoms with Crippen LogP contribution in [0.1, 0.15) is 24.1 Å². The average molecular weight is 280 g/mol. The van der Waals surface area contributed by atoms with E-state index in [1.807, 2.05) is 0 Å². The molecule has 0 bridgehead atoms. The molecule has 2 nitrogen and oxygen atoms in total. The molecule has 3 rings (SSSR count). The van der Waals surface area contributed by atoms with Gasteiger partial charge in [-0.15, -0.1) is 0 Å². The van der Waals surface area contributed by atoms with Crippen molar-refractivity contribution in [3.8, 4) is 0 Å². The van der Waals surface area contributed by atoms with Gasteiger partial charge in [0.05, 0.1) is 0 Å². The highest BCUT2D eigenvalue weighted by molar-refractivity contribution is 5.21. The Labute approximate surface area is 127 Å². The van der Waals surface area contributed by atoms with Crippen molar-refractivity contribution < 1.29 is 0 Å². The molecule has 110 valence electrons. The molecule has 0 amide bonds. The number of nitrogens with zero attached hydrogens (tertiary/aromatic N) is 1. The SMILES string of the molecule is CCN1CC(Cc2ccccc2)NCC1c1ccccc1. The summed E-state index contributed by atoms with van der Waals surface area (Å²) >= 11 is 0. The van der Waals surface area contributed by atoms with E-state index in [1.165, 1.54) is 11.1 Å². The average Bonchev–Trinajstić information content (AvgIpc) is 2.56. The van der Waals surface area contributed by atoms with Crippen molar-refractivity contribution in [3.63, 3.8) is 0 Å². The van der Waals surface area contributed by atoms with Gasteiger partial charge in [-0.25, -0.2) is 0 Å². The monoisotopic (exact) mass is 280 g/mol. The first-order valence-corrected chi connectivity index (χ1v) is 7.93. The zero-order valence-electron chi connectivity index (χ0n) is 12.7. The molecule has 2 atom stereocenters. The number of hydrogen-bond acceptors (Lipinski definition) is 2. The van der Waals surface area contributed by atoms with E-state index in [4.69, 9.17) is 0 Å². The minimum Gasteiger partial charge on any atom is -0.310 e. The molecule has 2 unspecified atom stereocenters. The molecule has 21 heavy (non-hydrogen) atoms. The van der Waals surface area contributed by atoms with Gasteiger partial charge in [-0.2, -0.15) is 0 Å². The second kappa shape index (κ2) is 6.88. The van der Waals surface area contributed by atoms with Crippen molar-refractivity contribution in [1.29, 1.82) is 0 Å². The quantitative estimate of drug-likeness (QED) is 0.924. The predicted molar refractivity (Wildman–Crippen MR) is 88.4 cm³/mol. The van der Waals surface area contributed by atoms with Gasteiger partial charge in [-0.3, -0.25) is 4.90 Å². The van der Waals surface area contributed by atoms with E-state index in [1.54, 1.807) is 0 Å². The van der Waals surface area contributed by atoms with Gasteiger partial charge >= 0.3 is 0 Å². The van der Waals surface area contributed by atoms with Gasteiger partial charge in [0, 0.05) is 25.2 Å². The summed E-state index contributed by atoms with van der Waals surface area (Å²) in [6, 6.07) is 22.7. The molecule has 0 spiro atoms. The number of piperazine rings is 1. The van der Waals surface area contributed by atoms with Gasteiger partial charge in [0.25, 0.3) is 0 Å². The number of benzene rings is 2. The van der Waals surface area contributed by atoms with Crippen LogP contribution in [0, 0.1) is 0 Å². The highest BCUT2D eigenvalue weighted by Crippen LogP contribution is 2.24. The highest BCUT2D eigenvalue weighted by Gasteiger charge is 2.27. The Bertz CT molecular complexity index is 538. The summed E-state index contributed by atoms with van der Waals surface area (Å²) in [5, 5.41) is 3.74. The lowest BCUT2D eigenvalue weighted by Gasteiger charge is -2.40. The first-order valence-electron chi connectivity index (χ1n) is 7.93. The van der Waals surface area contributed by atoms with Crippen LogP contribution in [0.15, 0.2) is 60.7 Å². The Kier molecular flexibility index (Phi) is 4.69. The third-order valence-electron chi connectivity index (χ3n) is 4.41. The fourth-order valence-corrected chi connectivity index (χ4v) is 3.27. The number of nitrogens with one attached hydrogen (secondary N) is 1. The maximum atomic E-state index is 3.74. The van der Waals surface area contributed by atoms with E-state index in [0.717, 1.165) is 26.1 Å². The molecular formula is C19H24N2. The fourth-order valence-electron chi connectivity index (χ4n) is 3.27. The summed E-state index contributed by atoms with van der Waals surface area (Å²) in [4.78, 5) is 2.60. The molecule has 0 radical (unpaired) electrons. The van der Waals surface area contributed by atoms with Crippen LogP contribution in [0.5, 0.6) is 0 Å². The van der Waals surface area contributed by atoms with Crippen molar-refractivity contribution in [2.75, 3.05) is 19.6 Å². The molecule has 1 fully saturated rings. The fraction of sp³-hybridized carbons (Fsp3) is 0.368. The Balaban J connectivity index is 1.66. The zero-order valence-corrected chi connectivity index (χ0v) is 12.7. The van der Waals surface area contributed by atoms with Gasteiger partial charge in [-0.1, -0.05) is 67.6 Å². The van der Waals surface area contributed by atoms with Crippen molar-refractivity contribution in [2.45, 2.75) is 25.4 Å². The second-order valence-electron chi connectivity index (χ2n) is 5.81. The summed E-state index contributed by atoms with van der Waals surface area (Å²) in [5.41, 5.74) is 2.84. The maximum absolute atomic E-state index is 3.74. The minimum absolute atomic E-state index is 0.503. The Morgan fingerprint density at radius 2 is 1.67 bits per heavy atom. The van der Waals surface area contributed by atoms with E-state index in [2.05, 4.69) is 77.8 Å². The molecule has 1 aliphatic rings. The zero-order chi connectivity index (χ0) is 14.5. The summed E-state index contributed by atoms with van der Waals surface area (Å²) in [6.07, 6.45) is 1.11.